The quantitative estimate of drug-likeness (QED) is 0.735. The molecule has 6 heteroatoms. The Balaban J connectivity index is 1.92. The van der Waals surface area contributed by atoms with Crippen LogP contribution in [0.25, 0.3) is 0 Å². The van der Waals surface area contributed by atoms with Crippen LogP contribution in [0.1, 0.15) is 73.9 Å². The van der Waals surface area contributed by atoms with Gasteiger partial charge in [-0.2, -0.15) is 0 Å². The van der Waals surface area contributed by atoms with Gasteiger partial charge in [0.25, 0.3) is 5.91 Å². The number of aliphatic hydroxyl groups is 1. The molecule has 2 aliphatic carbocycles. The lowest BCUT2D eigenvalue weighted by Gasteiger charge is -2.64. The maximum Gasteiger partial charge on any atom is 0.252 e. The van der Waals surface area contributed by atoms with Crippen LogP contribution in [0.15, 0.2) is 12.1 Å². The summed E-state index contributed by atoms with van der Waals surface area (Å²) in [7, 11) is 0. The van der Waals surface area contributed by atoms with E-state index < -0.39 is 16.9 Å². The van der Waals surface area contributed by atoms with Gasteiger partial charge in [-0.05, 0) is 50.8 Å². The molecule has 4 rings (SSSR count). The van der Waals surface area contributed by atoms with Crippen LogP contribution in [-0.2, 0) is 16.6 Å². The van der Waals surface area contributed by atoms with Crippen LogP contribution >= 0.6 is 0 Å². The lowest BCUT2D eigenvalue weighted by molar-refractivity contribution is -0.178. The van der Waals surface area contributed by atoms with Crippen molar-refractivity contribution in [2.75, 3.05) is 6.54 Å². The zero-order valence-electron chi connectivity index (χ0n) is 16.7. The molecule has 1 heterocycles. The van der Waals surface area contributed by atoms with Crippen LogP contribution in [-0.4, -0.2) is 51.0 Å². The third kappa shape index (κ3) is 2.47. The second-order valence-corrected chi connectivity index (χ2v) is 8.93. The molecule has 152 valence electrons. The fourth-order valence-electron chi connectivity index (χ4n) is 6.26. The molecule has 1 saturated carbocycles. The topological polar surface area (TPSA) is 104 Å². The van der Waals surface area contributed by atoms with Gasteiger partial charge in [0.05, 0.1) is 11.2 Å². The number of primary amides is 1. The number of carbonyl (C=O) groups excluding carboxylic acids is 2. The number of carbonyl (C=O) groups is 2. The SMILES string of the molecule is CCC[C@@H](C)N1CCC23CC(=O)CC[C@@]2(O)[C@H]1Cc1ccc(C(N)=O)c(O)c13. The highest BCUT2D eigenvalue weighted by Gasteiger charge is 2.65. The molecular formula is C22H30N2O4. The van der Waals surface area contributed by atoms with Gasteiger partial charge in [-0.1, -0.05) is 19.4 Å². The summed E-state index contributed by atoms with van der Waals surface area (Å²) in [6, 6.07) is 3.66. The predicted octanol–water partition coefficient (Wildman–Crippen LogP) is 2.03. The van der Waals surface area contributed by atoms with Gasteiger partial charge >= 0.3 is 0 Å². The Morgan fingerprint density at radius 3 is 2.82 bits per heavy atom. The van der Waals surface area contributed by atoms with Gasteiger partial charge in [0.2, 0.25) is 0 Å². The Hall–Kier alpha value is -1.92. The molecule has 6 nitrogen and oxygen atoms in total. The number of fused-ring (bicyclic) bond motifs is 1. The molecule has 28 heavy (non-hydrogen) atoms. The molecule has 1 unspecified atom stereocenters. The highest BCUT2D eigenvalue weighted by Crippen LogP contribution is 2.60. The van der Waals surface area contributed by atoms with Crippen molar-refractivity contribution in [3.63, 3.8) is 0 Å². The number of hydrogen-bond donors (Lipinski definition) is 3. The summed E-state index contributed by atoms with van der Waals surface area (Å²) in [5, 5.41) is 23.0. The zero-order chi connectivity index (χ0) is 20.3. The van der Waals surface area contributed by atoms with Gasteiger partial charge in [0.1, 0.15) is 11.5 Å². The summed E-state index contributed by atoms with van der Waals surface area (Å²) >= 11 is 0. The van der Waals surface area contributed by atoms with Crippen molar-refractivity contribution >= 4 is 11.7 Å². The van der Waals surface area contributed by atoms with E-state index in [-0.39, 0.29) is 29.6 Å². The van der Waals surface area contributed by atoms with Crippen LogP contribution in [0.4, 0.5) is 0 Å². The highest BCUT2D eigenvalue weighted by atomic mass is 16.3. The lowest BCUT2D eigenvalue weighted by atomic mass is 9.49. The summed E-state index contributed by atoms with van der Waals surface area (Å²) in [6.45, 7) is 5.14. The summed E-state index contributed by atoms with van der Waals surface area (Å²) in [6.07, 6.45) is 4.27. The number of amides is 1. The van der Waals surface area contributed by atoms with E-state index in [0.717, 1.165) is 24.9 Å². The van der Waals surface area contributed by atoms with Gasteiger partial charge in [-0.3, -0.25) is 14.5 Å². The number of rotatable bonds is 4. The van der Waals surface area contributed by atoms with E-state index in [4.69, 9.17) is 5.73 Å². The number of hydrogen-bond acceptors (Lipinski definition) is 5. The van der Waals surface area contributed by atoms with Crippen molar-refractivity contribution in [3.8, 4) is 5.75 Å². The molecule has 1 aromatic rings. The first-order valence-electron chi connectivity index (χ1n) is 10.4. The highest BCUT2D eigenvalue weighted by molar-refractivity contribution is 5.96. The molecule has 0 aromatic heterocycles. The van der Waals surface area contributed by atoms with E-state index in [2.05, 4.69) is 18.7 Å². The van der Waals surface area contributed by atoms with Crippen molar-refractivity contribution in [3.05, 3.63) is 28.8 Å². The minimum absolute atomic E-state index is 0.0636. The Kier molecular flexibility index (Phi) is 4.55. The van der Waals surface area contributed by atoms with E-state index in [1.54, 1.807) is 6.07 Å². The molecule has 4 atom stereocenters. The number of likely N-dealkylation sites (tertiary alicyclic amines) is 1. The third-order valence-corrected chi connectivity index (χ3v) is 7.56. The smallest absolute Gasteiger partial charge is 0.252 e. The minimum atomic E-state index is -1.10. The fraction of sp³-hybridized carbons (Fsp3) is 0.636. The minimum Gasteiger partial charge on any atom is -0.507 e. The molecule has 3 aliphatic rings. The second-order valence-electron chi connectivity index (χ2n) is 8.93. The first-order chi connectivity index (χ1) is 13.2. The molecular weight excluding hydrogens is 356 g/mol. The molecule has 2 fully saturated rings. The molecule has 0 radical (unpaired) electrons. The molecule has 1 amide bonds. The molecule has 4 N–H and O–H groups in total. The Labute approximate surface area is 165 Å². The first-order valence-corrected chi connectivity index (χ1v) is 10.4. The molecule has 2 bridgehead atoms. The predicted molar refractivity (Wildman–Crippen MR) is 105 cm³/mol. The van der Waals surface area contributed by atoms with Crippen LogP contribution < -0.4 is 5.73 Å². The van der Waals surface area contributed by atoms with Gasteiger partial charge in [0, 0.05) is 35.9 Å². The van der Waals surface area contributed by atoms with Crippen molar-refractivity contribution in [1.82, 2.24) is 4.90 Å². The Morgan fingerprint density at radius 2 is 2.14 bits per heavy atom. The van der Waals surface area contributed by atoms with Crippen LogP contribution in [0, 0.1) is 0 Å². The van der Waals surface area contributed by atoms with Crippen molar-refractivity contribution in [2.24, 2.45) is 5.73 Å². The summed E-state index contributed by atoms with van der Waals surface area (Å²) in [5.41, 5.74) is 5.08. The zero-order valence-corrected chi connectivity index (χ0v) is 16.7. The third-order valence-electron chi connectivity index (χ3n) is 7.56. The Bertz CT molecular complexity index is 838. The maximum absolute atomic E-state index is 12.5. The van der Waals surface area contributed by atoms with E-state index in [1.807, 2.05) is 6.07 Å². The number of aromatic hydroxyl groups is 1. The van der Waals surface area contributed by atoms with Crippen molar-refractivity contribution < 1.29 is 19.8 Å². The monoisotopic (exact) mass is 386 g/mol. The lowest BCUT2D eigenvalue weighted by Crippen LogP contribution is -2.74. The maximum atomic E-state index is 12.5. The van der Waals surface area contributed by atoms with Gasteiger partial charge in [-0.25, -0.2) is 0 Å². The number of piperidine rings is 1. The number of ketones is 1. The Morgan fingerprint density at radius 1 is 1.39 bits per heavy atom. The van der Waals surface area contributed by atoms with Gasteiger partial charge in [0.15, 0.2) is 0 Å². The summed E-state index contributed by atoms with van der Waals surface area (Å²) in [4.78, 5) is 26.7. The van der Waals surface area contributed by atoms with E-state index in [9.17, 15) is 19.8 Å². The first kappa shape index (κ1) is 19.4. The number of benzene rings is 1. The number of nitrogens with zero attached hydrogens (tertiary/aromatic N) is 1. The number of phenols is 1. The average Bonchev–Trinajstić information content (AvgIpc) is 2.62. The number of nitrogens with two attached hydrogens (primary N) is 1. The normalized spacial score (nSPS) is 33.1. The van der Waals surface area contributed by atoms with Gasteiger partial charge in [-0.15, -0.1) is 0 Å². The van der Waals surface area contributed by atoms with Crippen LogP contribution in [0.2, 0.25) is 0 Å². The van der Waals surface area contributed by atoms with Crippen molar-refractivity contribution in [1.29, 1.82) is 0 Å². The van der Waals surface area contributed by atoms with Crippen molar-refractivity contribution in [2.45, 2.75) is 81.9 Å². The summed E-state index contributed by atoms with van der Waals surface area (Å²) < 4.78 is 0. The van der Waals surface area contributed by atoms with Crippen LogP contribution in [0.3, 0.4) is 0 Å². The van der Waals surface area contributed by atoms with E-state index in [0.29, 0.717) is 37.3 Å². The number of Topliss-reactive ketones (excluding diaryl/α,β-unsaturated/α-hetero) is 1. The molecule has 1 saturated heterocycles. The van der Waals surface area contributed by atoms with Crippen LogP contribution in [0.5, 0.6) is 5.75 Å². The summed E-state index contributed by atoms with van der Waals surface area (Å²) in [5.74, 6) is -0.736. The largest absolute Gasteiger partial charge is 0.507 e. The standard InChI is InChI=1S/C22H30N2O4/c1-3-4-13(2)24-10-9-21-12-15(25)7-8-22(21,28)17(24)11-14-5-6-16(20(23)27)19(26)18(14)21/h5-6,13,17,26,28H,3-4,7-12H2,1-2H3,(H2,23,27)/t13-,17-,21?,22-/m1/s1. The molecule has 1 aliphatic heterocycles. The second kappa shape index (κ2) is 6.56. The molecule has 0 spiro atoms. The van der Waals surface area contributed by atoms with Gasteiger partial charge < -0.3 is 15.9 Å². The average molecular weight is 386 g/mol. The fourth-order valence-corrected chi connectivity index (χ4v) is 6.26. The molecule has 1 aromatic carbocycles. The van der Waals surface area contributed by atoms with E-state index >= 15 is 0 Å². The van der Waals surface area contributed by atoms with E-state index in [1.165, 1.54) is 0 Å².